The molecule has 0 saturated heterocycles. The van der Waals surface area contributed by atoms with Crippen molar-refractivity contribution >= 4 is 22.8 Å². The van der Waals surface area contributed by atoms with Gasteiger partial charge in [0.15, 0.2) is 11.5 Å². The van der Waals surface area contributed by atoms with Gasteiger partial charge in [-0.1, -0.05) is 31.2 Å². The van der Waals surface area contributed by atoms with Crippen LogP contribution in [0.25, 0.3) is 10.9 Å². The van der Waals surface area contributed by atoms with E-state index in [-0.39, 0.29) is 25.5 Å². The number of amides is 1. The van der Waals surface area contributed by atoms with Crippen molar-refractivity contribution in [3.05, 3.63) is 59.3 Å². The van der Waals surface area contributed by atoms with Crippen LogP contribution in [-0.4, -0.2) is 39.7 Å². The second-order valence-electron chi connectivity index (χ2n) is 7.29. The first kappa shape index (κ1) is 17.6. The van der Waals surface area contributed by atoms with E-state index >= 15 is 0 Å². The van der Waals surface area contributed by atoms with Gasteiger partial charge in [0, 0.05) is 29.4 Å². The molecule has 7 nitrogen and oxygen atoms in total. The highest BCUT2D eigenvalue weighted by molar-refractivity contribution is 5.90. The van der Waals surface area contributed by atoms with Crippen LogP contribution in [0.3, 0.4) is 0 Å². The molecule has 29 heavy (non-hydrogen) atoms. The van der Waals surface area contributed by atoms with Gasteiger partial charge in [0.25, 0.3) is 0 Å². The number of rotatable bonds is 3. The maximum Gasteiger partial charge on any atom is 0.326 e. The molecular weight excluding hydrogens is 372 g/mol. The number of hydrogen-bond donors (Lipinski definition) is 2. The molecule has 3 aromatic rings. The number of fused-ring (bicyclic) bond motifs is 4. The number of nitrogens with zero attached hydrogens (tertiary/aromatic N) is 1. The van der Waals surface area contributed by atoms with E-state index in [0.717, 1.165) is 27.7 Å². The first-order valence-corrected chi connectivity index (χ1v) is 9.61. The maximum atomic E-state index is 12.9. The Balaban J connectivity index is 1.75. The number of carboxylic acid groups (broad SMARTS) is 1. The summed E-state index contributed by atoms with van der Waals surface area (Å²) in [7, 11) is 0. The zero-order valence-electron chi connectivity index (χ0n) is 15.8. The van der Waals surface area contributed by atoms with Gasteiger partial charge in [-0.2, -0.15) is 0 Å². The van der Waals surface area contributed by atoms with Crippen molar-refractivity contribution in [1.82, 2.24) is 9.88 Å². The zero-order chi connectivity index (χ0) is 20.1. The number of ether oxygens (including phenoxy) is 2. The lowest BCUT2D eigenvalue weighted by Gasteiger charge is -2.40. The van der Waals surface area contributed by atoms with Crippen molar-refractivity contribution < 1.29 is 24.2 Å². The number of carboxylic acids is 1. The summed E-state index contributed by atoms with van der Waals surface area (Å²) in [5.41, 5.74) is 3.51. The summed E-state index contributed by atoms with van der Waals surface area (Å²) in [5, 5.41) is 10.9. The number of nitrogens with one attached hydrogen (secondary N) is 1. The molecule has 0 saturated carbocycles. The number of para-hydroxylation sites is 1. The van der Waals surface area contributed by atoms with Crippen LogP contribution in [0.1, 0.15) is 36.2 Å². The lowest BCUT2D eigenvalue weighted by Crippen LogP contribution is -2.51. The second kappa shape index (κ2) is 6.55. The summed E-state index contributed by atoms with van der Waals surface area (Å²) in [5.74, 6) is 0.0314. The molecule has 0 bridgehead atoms. The number of carbonyl (C=O) groups is 2. The van der Waals surface area contributed by atoms with Crippen LogP contribution in [0.2, 0.25) is 0 Å². The van der Waals surface area contributed by atoms with E-state index < -0.39 is 18.1 Å². The Morgan fingerprint density at radius 1 is 1.17 bits per heavy atom. The van der Waals surface area contributed by atoms with Crippen LogP contribution in [0.15, 0.2) is 42.5 Å². The van der Waals surface area contributed by atoms with Crippen molar-refractivity contribution in [2.45, 2.75) is 31.8 Å². The molecule has 1 amide bonds. The van der Waals surface area contributed by atoms with Gasteiger partial charge in [-0.25, -0.2) is 4.79 Å². The molecule has 2 aliphatic heterocycles. The van der Waals surface area contributed by atoms with Crippen LogP contribution in [0, 0.1) is 0 Å². The van der Waals surface area contributed by atoms with Gasteiger partial charge < -0.3 is 24.5 Å². The predicted octanol–water partition coefficient (Wildman–Crippen LogP) is 3.23. The van der Waals surface area contributed by atoms with E-state index in [9.17, 15) is 14.7 Å². The fourth-order valence-electron chi connectivity index (χ4n) is 4.40. The summed E-state index contributed by atoms with van der Waals surface area (Å²) in [6.07, 6.45) is 0.488. The Morgan fingerprint density at radius 2 is 1.97 bits per heavy atom. The number of aromatic amines is 1. The monoisotopic (exact) mass is 392 g/mol. The van der Waals surface area contributed by atoms with Crippen molar-refractivity contribution in [3.63, 3.8) is 0 Å². The van der Waals surface area contributed by atoms with Gasteiger partial charge in [0.2, 0.25) is 12.7 Å². The molecule has 5 rings (SSSR count). The minimum absolute atomic E-state index is 0.149. The standard InChI is InChI=1S/C22H20N2O5/c1-2-19(25)24-16(22(26)27)10-14-13-5-3-4-6-15(13)23-20(14)21(24)12-7-8-17-18(9-12)29-11-28-17/h3-9,16,21,23H,2,10-11H2,1H3,(H,26,27)/t16-,21+/m0/s1. The third-order valence-electron chi connectivity index (χ3n) is 5.72. The fourth-order valence-corrected chi connectivity index (χ4v) is 4.40. The van der Waals surface area contributed by atoms with E-state index in [2.05, 4.69) is 4.98 Å². The molecule has 0 radical (unpaired) electrons. The number of H-pyrrole nitrogens is 1. The molecule has 1 aromatic heterocycles. The van der Waals surface area contributed by atoms with Crippen LogP contribution in [0.5, 0.6) is 11.5 Å². The van der Waals surface area contributed by atoms with Crippen molar-refractivity contribution in [2.75, 3.05) is 6.79 Å². The maximum absolute atomic E-state index is 12.9. The predicted molar refractivity (Wildman–Crippen MR) is 105 cm³/mol. The van der Waals surface area contributed by atoms with Crippen molar-refractivity contribution in [3.8, 4) is 11.5 Å². The Kier molecular flexibility index (Phi) is 3.97. The third-order valence-corrected chi connectivity index (χ3v) is 5.72. The molecule has 0 spiro atoms. The number of aromatic nitrogens is 1. The zero-order valence-corrected chi connectivity index (χ0v) is 15.8. The summed E-state index contributed by atoms with van der Waals surface area (Å²) < 4.78 is 10.9. The largest absolute Gasteiger partial charge is 0.480 e. The Labute approximate surface area is 166 Å². The molecule has 3 heterocycles. The lowest BCUT2D eigenvalue weighted by molar-refractivity contribution is -0.152. The molecule has 0 aliphatic carbocycles. The smallest absolute Gasteiger partial charge is 0.326 e. The minimum Gasteiger partial charge on any atom is -0.480 e. The summed E-state index contributed by atoms with van der Waals surface area (Å²) in [6, 6.07) is 11.8. The van der Waals surface area contributed by atoms with E-state index in [1.54, 1.807) is 13.0 Å². The Morgan fingerprint density at radius 3 is 2.76 bits per heavy atom. The van der Waals surface area contributed by atoms with Crippen LogP contribution < -0.4 is 9.47 Å². The van der Waals surface area contributed by atoms with Crippen LogP contribution >= 0.6 is 0 Å². The lowest BCUT2D eigenvalue weighted by atomic mass is 9.87. The molecule has 148 valence electrons. The van der Waals surface area contributed by atoms with Gasteiger partial charge >= 0.3 is 5.97 Å². The highest BCUT2D eigenvalue weighted by Gasteiger charge is 2.43. The van der Waals surface area contributed by atoms with Crippen molar-refractivity contribution in [1.29, 1.82) is 0 Å². The summed E-state index contributed by atoms with van der Waals surface area (Å²) >= 11 is 0. The highest BCUT2D eigenvalue weighted by atomic mass is 16.7. The molecule has 2 aromatic carbocycles. The molecule has 2 N–H and O–H groups in total. The van der Waals surface area contributed by atoms with E-state index in [1.807, 2.05) is 36.4 Å². The molecular formula is C22H20N2O5. The topological polar surface area (TPSA) is 91.9 Å². The summed E-state index contributed by atoms with van der Waals surface area (Å²) in [4.78, 5) is 30.0. The number of hydrogen-bond acceptors (Lipinski definition) is 4. The average molecular weight is 392 g/mol. The highest BCUT2D eigenvalue weighted by Crippen LogP contribution is 2.43. The third kappa shape index (κ3) is 2.65. The normalized spacial score (nSPS) is 20.0. The van der Waals surface area contributed by atoms with Gasteiger partial charge in [0.05, 0.1) is 6.04 Å². The number of aliphatic carboxylic acids is 1. The minimum atomic E-state index is -1.01. The van der Waals surface area contributed by atoms with Gasteiger partial charge in [-0.15, -0.1) is 0 Å². The quantitative estimate of drug-likeness (QED) is 0.714. The van der Waals surface area contributed by atoms with Crippen LogP contribution in [-0.2, 0) is 16.0 Å². The van der Waals surface area contributed by atoms with Crippen molar-refractivity contribution in [2.24, 2.45) is 0 Å². The molecule has 2 aliphatic rings. The fraction of sp³-hybridized carbons (Fsp3) is 0.273. The molecule has 7 heteroatoms. The van der Waals surface area contributed by atoms with Gasteiger partial charge in [0.1, 0.15) is 6.04 Å². The number of benzene rings is 2. The number of carbonyl (C=O) groups excluding carboxylic acids is 1. The van der Waals surface area contributed by atoms with Gasteiger partial charge in [-0.3, -0.25) is 4.79 Å². The van der Waals surface area contributed by atoms with E-state index in [4.69, 9.17) is 9.47 Å². The van der Waals surface area contributed by atoms with Crippen LogP contribution in [0.4, 0.5) is 0 Å². The van der Waals surface area contributed by atoms with Gasteiger partial charge in [-0.05, 0) is 29.3 Å². The SMILES string of the molecule is CCC(=O)N1[C@H](c2ccc3c(c2)OCO3)c2[nH]c3ccccc3c2C[C@H]1C(=O)O. The van der Waals surface area contributed by atoms with E-state index in [0.29, 0.717) is 11.5 Å². The molecule has 0 fully saturated rings. The Hall–Kier alpha value is -3.48. The summed E-state index contributed by atoms with van der Waals surface area (Å²) in [6.45, 7) is 1.90. The average Bonchev–Trinajstić information content (AvgIpc) is 3.35. The Bertz CT molecular complexity index is 1140. The molecule has 0 unspecified atom stereocenters. The first-order chi connectivity index (χ1) is 14.1. The second-order valence-corrected chi connectivity index (χ2v) is 7.29. The first-order valence-electron chi connectivity index (χ1n) is 9.61. The molecule has 2 atom stereocenters. The van der Waals surface area contributed by atoms with E-state index in [1.165, 1.54) is 4.90 Å².